The molecule has 0 radical (unpaired) electrons. The molecule has 1 aliphatic heterocycles. The second kappa shape index (κ2) is 2.77. The zero-order valence-corrected chi connectivity index (χ0v) is 9.12. The van der Waals surface area contributed by atoms with E-state index < -0.39 is 11.6 Å². The highest BCUT2D eigenvalue weighted by molar-refractivity contribution is 6.32. The van der Waals surface area contributed by atoms with E-state index in [-0.39, 0.29) is 5.78 Å². The number of anilines is 1. The Morgan fingerprint density at radius 1 is 1.44 bits per heavy atom. The number of nitrogens with zero attached hydrogens (tertiary/aromatic N) is 1. The van der Waals surface area contributed by atoms with E-state index in [1.165, 1.54) is 4.90 Å². The molecule has 2 N–H and O–H groups in total. The maximum atomic E-state index is 12.1. The van der Waals surface area contributed by atoms with Crippen LogP contribution < -0.4 is 10.6 Å². The summed E-state index contributed by atoms with van der Waals surface area (Å²) >= 11 is 5.84. The maximum Gasteiger partial charge on any atom is 0.320 e. The molecule has 1 spiro atoms. The van der Waals surface area contributed by atoms with Crippen molar-refractivity contribution in [3.8, 4) is 0 Å². The molecule has 1 aliphatic carbocycles. The molecule has 2 amide bonds. The van der Waals surface area contributed by atoms with Crippen LogP contribution in [0.5, 0.6) is 0 Å². The Kier molecular flexibility index (Phi) is 1.67. The number of amides is 2. The molecule has 0 atom stereocenters. The quantitative estimate of drug-likeness (QED) is 0.748. The third kappa shape index (κ3) is 0.998. The van der Waals surface area contributed by atoms with E-state index in [2.05, 4.69) is 0 Å². The number of ketones is 1. The topological polar surface area (TPSA) is 63.4 Å². The number of carbonyl (C=O) groups is 2. The Labute approximate surface area is 97.0 Å². The second-order valence-electron chi connectivity index (χ2n) is 4.20. The first kappa shape index (κ1) is 9.66. The normalized spacial score (nSPS) is 20.1. The molecule has 1 aromatic carbocycles. The van der Waals surface area contributed by atoms with Crippen molar-refractivity contribution in [3.05, 3.63) is 28.8 Å². The van der Waals surface area contributed by atoms with Gasteiger partial charge in [-0.3, -0.25) is 9.69 Å². The standard InChI is InChI=1S/C11H9ClN2O2/c12-6-1-2-8-7(5-6)9(15)11(3-4-11)14(8)10(13)16/h1-2,5H,3-4H2,(H2,13,16). The first-order valence-electron chi connectivity index (χ1n) is 5.00. The SMILES string of the molecule is NC(=O)N1c2ccc(Cl)cc2C(=O)C12CC2. The molecule has 1 heterocycles. The van der Waals surface area contributed by atoms with Gasteiger partial charge in [-0.25, -0.2) is 4.79 Å². The molecule has 0 aromatic heterocycles. The van der Waals surface area contributed by atoms with Crippen LogP contribution in [-0.2, 0) is 0 Å². The average molecular weight is 237 g/mol. The highest BCUT2D eigenvalue weighted by Crippen LogP contribution is 2.53. The number of halogens is 1. The van der Waals surface area contributed by atoms with E-state index >= 15 is 0 Å². The number of nitrogens with two attached hydrogens (primary N) is 1. The van der Waals surface area contributed by atoms with E-state index in [1.807, 2.05) is 0 Å². The Bertz CT molecular complexity index is 523. The molecule has 0 saturated heterocycles. The molecular weight excluding hydrogens is 228 g/mol. The molecule has 5 heteroatoms. The van der Waals surface area contributed by atoms with Crippen LogP contribution in [0.25, 0.3) is 0 Å². The molecule has 1 saturated carbocycles. The van der Waals surface area contributed by atoms with E-state index in [9.17, 15) is 9.59 Å². The van der Waals surface area contributed by atoms with Crippen LogP contribution in [0, 0.1) is 0 Å². The van der Waals surface area contributed by atoms with E-state index in [4.69, 9.17) is 17.3 Å². The third-order valence-corrected chi connectivity index (χ3v) is 3.47. The Morgan fingerprint density at radius 2 is 2.12 bits per heavy atom. The molecular formula is C11H9ClN2O2. The van der Waals surface area contributed by atoms with Crippen LogP contribution >= 0.6 is 11.6 Å². The van der Waals surface area contributed by atoms with Crippen LogP contribution in [-0.4, -0.2) is 17.4 Å². The fraction of sp³-hybridized carbons (Fsp3) is 0.273. The van der Waals surface area contributed by atoms with Gasteiger partial charge in [-0.1, -0.05) is 11.6 Å². The van der Waals surface area contributed by atoms with E-state index in [1.54, 1.807) is 18.2 Å². The minimum Gasteiger partial charge on any atom is -0.351 e. The van der Waals surface area contributed by atoms with Crippen molar-refractivity contribution in [1.29, 1.82) is 0 Å². The summed E-state index contributed by atoms with van der Waals surface area (Å²) in [5.74, 6) is -0.0381. The number of primary amides is 1. The van der Waals surface area contributed by atoms with Crippen LogP contribution in [0.2, 0.25) is 5.02 Å². The number of hydrogen-bond donors (Lipinski definition) is 1. The smallest absolute Gasteiger partial charge is 0.320 e. The van der Waals surface area contributed by atoms with Crippen molar-refractivity contribution in [3.63, 3.8) is 0 Å². The molecule has 4 nitrogen and oxygen atoms in total. The Balaban J connectivity index is 2.23. The molecule has 0 bridgehead atoms. The monoisotopic (exact) mass is 236 g/mol. The van der Waals surface area contributed by atoms with Gasteiger partial charge in [-0.2, -0.15) is 0 Å². The highest BCUT2D eigenvalue weighted by Gasteiger charge is 2.61. The van der Waals surface area contributed by atoms with Crippen LogP contribution in [0.4, 0.5) is 10.5 Å². The van der Waals surface area contributed by atoms with Crippen molar-refractivity contribution in [2.75, 3.05) is 4.90 Å². The Morgan fingerprint density at radius 3 is 2.69 bits per heavy atom. The van der Waals surface area contributed by atoms with Gasteiger partial charge < -0.3 is 5.73 Å². The first-order chi connectivity index (χ1) is 7.56. The second-order valence-corrected chi connectivity index (χ2v) is 4.63. The lowest BCUT2D eigenvalue weighted by atomic mass is 10.1. The fourth-order valence-electron chi connectivity index (χ4n) is 2.37. The van der Waals surface area contributed by atoms with Crippen molar-refractivity contribution in [2.24, 2.45) is 5.73 Å². The summed E-state index contributed by atoms with van der Waals surface area (Å²) in [5.41, 5.74) is 5.72. The van der Waals surface area contributed by atoms with Gasteiger partial charge in [0.2, 0.25) is 0 Å². The van der Waals surface area contributed by atoms with Gasteiger partial charge in [-0.05, 0) is 31.0 Å². The van der Waals surface area contributed by atoms with Crippen molar-refractivity contribution in [2.45, 2.75) is 18.4 Å². The van der Waals surface area contributed by atoms with E-state index in [0.717, 1.165) is 0 Å². The van der Waals surface area contributed by atoms with Crippen molar-refractivity contribution < 1.29 is 9.59 Å². The largest absolute Gasteiger partial charge is 0.351 e. The van der Waals surface area contributed by atoms with Crippen LogP contribution in [0.15, 0.2) is 18.2 Å². The summed E-state index contributed by atoms with van der Waals surface area (Å²) in [6.07, 6.45) is 1.36. The van der Waals surface area contributed by atoms with Gasteiger partial charge in [0.15, 0.2) is 5.78 Å². The summed E-state index contributed by atoms with van der Waals surface area (Å²) in [6, 6.07) is 4.35. The summed E-state index contributed by atoms with van der Waals surface area (Å²) in [4.78, 5) is 25.0. The zero-order chi connectivity index (χ0) is 11.5. The maximum absolute atomic E-state index is 12.1. The number of urea groups is 1. The zero-order valence-electron chi connectivity index (χ0n) is 8.37. The lowest BCUT2D eigenvalue weighted by Gasteiger charge is -2.21. The van der Waals surface area contributed by atoms with Crippen molar-refractivity contribution in [1.82, 2.24) is 0 Å². The third-order valence-electron chi connectivity index (χ3n) is 3.24. The van der Waals surface area contributed by atoms with Gasteiger partial charge >= 0.3 is 6.03 Å². The number of Topliss-reactive ketones (excluding diaryl/α,β-unsaturated/α-hetero) is 1. The lowest BCUT2D eigenvalue weighted by molar-refractivity contribution is 0.0960. The van der Waals surface area contributed by atoms with Gasteiger partial charge in [0.25, 0.3) is 0 Å². The predicted molar refractivity (Wildman–Crippen MR) is 59.8 cm³/mol. The lowest BCUT2D eigenvalue weighted by Crippen LogP contribution is -2.45. The molecule has 82 valence electrons. The minimum absolute atomic E-state index is 0.0381. The fourth-order valence-corrected chi connectivity index (χ4v) is 2.54. The number of hydrogen-bond acceptors (Lipinski definition) is 2. The molecule has 0 unspecified atom stereocenters. The molecule has 3 rings (SSSR count). The van der Waals surface area contributed by atoms with Crippen molar-refractivity contribution >= 4 is 29.1 Å². The van der Waals surface area contributed by atoms with Gasteiger partial charge in [0, 0.05) is 10.6 Å². The Hall–Kier alpha value is -1.55. The molecule has 16 heavy (non-hydrogen) atoms. The first-order valence-corrected chi connectivity index (χ1v) is 5.38. The van der Waals surface area contributed by atoms with Gasteiger partial charge in [0.1, 0.15) is 5.54 Å². The number of benzene rings is 1. The molecule has 2 aliphatic rings. The summed E-state index contributed by atoms with van der Waals surface area (Å²) < 4.78 is 0. The van der Waals surface area contributed by atoms with Crippen LogP contribution in [0.1, 0.15) is 23.2 Å². The summed E-state index contributed by atoms with van der Waals surface area (Å²) in [6.45, 7) is 0. The summed E-state index contributed by atoms with van der Waals surface area (Å²) in [5, 5.41) is 0.495. The highest BCUT2D eigenvalue weighted by atomic mass is 35.5. The van der Waals surface area contributed by atoms with E-state index in [0.29, 0.717) is 29.1 Å². The number of fused-ring (bicyclic) bond motifs is 1. The minimum atomic E-state index is -0.696. The summed E-state index contributed by atoms with van der Waals surface area (Å²) in [7, 11) is 0. The van der Waals surface area contributed by atoms with Crippen LogP contribution in [0.3, 0.4) is 0 Å². The number of rotatable bonds is 0. The van der Waals surface area contributed by atoms with Gasteiger partial charge in [-0.15, -0.1) is 0 Å². The molecule has 1 aromatic rings. The molecule has 1 fully saturated rings. The average Bonchev–Trinajstić information content (AvgIpc) is 2.95. The van der Waals surface area contributed by atoms with Gasteiger partial charge in [0.05, 0.1) is 5.69 Å². The number of carbonyl (C=O) groups excluding carboxylic acids is 2. The predicted octanol–water partition coefficient (Wildman–Crippen LogP) is 1.95.